The fourth-order valence-electron chi connectivity index (χ4n) is 1.15. The summed E-state index contributed by atoms with van der Waals surface area (Å²) in [6, 6.07) is 5.23. The van der Waals surface area contributed by atoms with Crippen molar-refractivity contribution in [1.82, 2.24) is 5.16 Å². The van der Waals surface area contributed by atoms with Gasteiger partial charge in [-0.2, -0.15) is 0 Å². The Morgan fingerprint density at radius 2 is 2.33 bits per heavy atom. The van der Waals surface area contributed by atoms with E-state index in [-0.39, 0.29) is 0 Å². The molecule has 0 spiro atoms. The van der Waals surface area contributed by atoms with Gasteiger partial charge in [-0.3, -0.25) is 4.79 Å². The molecule has 0 aliphatic rings. The van der Waals surface area contributed by atoms with E-state index in [2.05, 4.69) is 5.16 Å². The minimum atomic E-state index is 0.647. The molecule has 1 heterocycles. The van der Waals surface area contributed by atoms with Crippen molar-refractivity contribution in [3.63, 3.8) is 0 Å². The van der Waals surface area contributed by atoms with Crippen LogP contribution in [0.3, 0.4) is 0 Å². The van der Waals surface area contributed by atoms with Gasteiger partial charge in [0.2, 0.25) is 0 Å². The first kappa shape index (κ1) is 7.03. The van der Waals surface area contributed by atoms with Gasteiger partial charge >= 0.3 is 0 Å². The molecule has 3 nitrogen and oxygen atoms in total. The summed E-state index contributed by atoms with van der Waals surface area (Å²) in [7, 11) is 0. The molecular formula is C9H7NO2. The minimum absolute atomic E-state index is 0.647. The standard InChI is InChI=1S/C9H7NO2/c1-6-8-4-7(5-11)2-3-9(8)12-10-6/h2-5H,1H3. The van der Waals surface area contributed by atoms with Crippen molar-refractivity contribution < 1.29 is 9.32 Å². The Hall–Kier alpha value is -1.64. The third kappa shape index (κ3) is 0.906. The van der Waals surface area contributed by atoms with E-state index >= 15 is 0 Å². The molecule has 0 atom stereocenters. The number of fused-ring (bicyclic) bond motifs is 1. The fraction of sp³-hybridized carbons (Fsp3) is 0.111. The normalized spacial score (nSPS) is 10.4. The second-order valence-corrected chi connectivity index (χ2v) is 2.64. The van der Waals surface area contributed by atoms with Crippen LogP contribution < -0.4 is 0 Å². The van der Waals surface area contributed by atoms with E-state index in [1.807, 2.05) is 6.92 Å². The van der Waals surface area contributed by atoms with E-state index in [1.165, 1.54) is 0 Å². The Labute approximate surface area is 69.0 Å². The first-order chi connectivity index (χ1) is 5.81. The van der Waals surface area contributed by atoms with Crippen LogP contribution in [0.15, 0.2) is 22.7 Å². The van der Waals surface area contributed by atoms with Crippen molar-refractivity contribution in [3.05, 3.63) is 29.5 Å². The van der Waals surface area contributed by atoms with Crippen molar-refractivity contribution in [2.75, 3.05) is 0 Å². The zero-order valence-electron chi connectivity index (χ0n) is 6.57. The SMILES string of the molecule is Cc1noc2ccc(C=O)cc12. The Bertz CT molecular complexity index is 431. The number of carbonyl (C=O) groups excluding carboxylic acids is 1. The first-order valence-electron chi connectivity index (χ1n) is 3.62. The monoisotopic (exact) mass is 161 g/mol. The summed E-state index contributed by atoms with van der Waals surface area (Å²) in [5.41, 5.74) is 2.18. The van der Waals surface area contributed by atoms with Gasteiger partial charge in [-0.1, -0.05) is 5.16 Å². The molecular weight excluding hydrogens is 154 g/mol. The number of nitrogens with zero attached hydrogens (tertiary/aromatic N) is 1. The van der Waals surface area contributed by atoms with Crippen molar-refractivity contribution in [2.24, 2.45) is 0 Å². The zero-order chi connectivity index (χ0) is 8.55. The van der Waals surface area contributed by atoms with Gasteiger partial charge in [-0.25, -0.2) is 0 Å². The highest BCUT2D eigenvalue weighted by molar-refractivity contribution is 5.87. The van der Waals surface area contributed by atoms with Crippen LogP contribution in [0.25, 0.3) is 11.0 Å². The van der Waals surface area contributed by atoms with Gasteiger partial charge in [0.1, 0.15) is 6.29 Å². The number of carbonyl (C=O) groups is 1. The molecule has 2 aromatic rings. The van der Waals surface area contributed by atoms with Crippen LogP contribution in [-0.2, 0) is 0 Å². The van der Waals surface area contributed by atoms with Crippen molar-refractivity contribution >= 4 is 17.3 Å². The maximum absolute atomic E-state index is 10.4. The smallest absolute Gasteiger partial charge is 0.167 e. The Morgan fingerprint density at radius 1 is 1.50 bits per heavy atom. The lowest BCUT2D eigenvalue weighted by Crippen LogP contribution is -1.78. The lowest BCUT2D eigenvalue weighted by atomic mass is 10.1. The molecule has 0 amide bonds. The van der Waals surface area contributed by atoms with E-state index in [0.29, 0.717) is 5.56 Å². The maximum atomic E-state index is 10.4. The summed E-state index contributed by atoms with van der Waals surface area (Å²) in [6.45, 7) is 1.85. The molecule has 0 saturated heterocycles. The van der Waals surface area contributed by atoms with Gasteiger partial charge in [0.15, 0.2) is 5.58 Å². The minimum Gasteiger partial charge on any atom is -0.356 e. The molecule has 0 unspecified atom stereocenters. The van der Waals surface area contributed by atoms with Gasteiger partial charge in [-0.15, -0.1) is 0 Å². The van der Waals surface area contributed by atoms with Gasteiger partial charge in [0, 0.05) is 10.9 Å². The lowest BCUT2D eigenvalue weighted by Gasteiger charge is -1.88. The Kier molecular flexibility index (Phi) is 1.43. The largest absolute Gasteiger partial charge is 0.356 e. The summed E-state index contributed by atoms with van der Waals surface area (Å²) < 4.78 is 4.98. The van der Waals surface area contributed by atoms with Crippen LogP contribution in [0.5, 0.6) is 0 Å². The predicted octanol–water partition coefficient (Wildman–Crippen LogP) is 1.95. The average Bonchev–Trinajstić information content (AvgIpc) is 2.47. The number of benzene rings is 1. The third-order valence-corrected chi connectivity index (χ3v) is 1.81. The van der Waals surface area contributed by atoms with Crippen LogP contribution in [0, 0.1) is 6.92 Å². The third-order valence-electron chi connectivity index (χ3n) is 1.81. The molecule has 0 fully saturated rings. The van der Waals surface area contributed by atoms with E-state index in [0.717, 1.165) is 22.9 Å². The molecule has 1 aromatic heterocycles. The number of rotatable bonds is 1. The van der Waals surface area contributed by atoms with Crippen LogP contribution in [-0.4, -0.2) is 11.4 Å². The molecule has 0 aliphatic carbocycles. The molecule has 2 rings (SSSR count). The first-order valence-corrected chi connectivity index (χ1v) is 3.62. The zero-order valence-corrected chi connectivity index (χ0v) is 6.57. The highest BCUT2D eigenvalue weighted by Gasteiger charge is 2.03. The van der Waals surface area contributed by atoms with E-state index in [1.54, 1.807) is 18.2 Å². The summed E-state index contributed by atoms with van der Waals surface area (Å²) in [4.78, 5) is 10.4. The molecule has 0 radical (unpaired) electrons. The Balaban J connectivity index is 2.79. The summed E-state index contributed by atoms with van der Waals surface area (Å²) in [5.74, 6) is 0. The summed E-state index contributed by atoms with van der Waals surface area (Å²) >= 11 is 0. The van der Waals surface area contributed by atoms with Crippen molar-refractivity contribution in [3.8, 4) is 0 Å². The highest BCUT2D eigenvalue weighted by atomic mass is 16.5. The molecule has 0 saturated carbocycles. The number of hydrogen-bond acceptors (Lipinski definition) is 3. The number of aldehydes is 1. The van der Waals surface area contributed by atoms with Crippen molar-refractivity contribution in [2.45, 2.75) is 6.92 Å². The topological polar surface area (TPSA) is 43.1 Å². The molecule has 3 heteroatoms. The number of aryl methyl sites for hydroxylation is 1. The van der Waals surface area contributed by atoms with Gasteiger partial charge in [0.05, 0.1) is 5.69 Å². The summed E-state index contributed by atoms with van der Waals surface area (Å²) in [6.07, 6.45) is 0.811. The van der Waals surface area contributed by atoms with E-state index in [4.69, 9.17) is 4.52 Å². The van der Waals surface area contributed by atoms with Crippen LogP contribution in [0.1, 0.15) is 16.1 Å². The second kappa shape index (κ2) is 2.44. The highest BCUT2D eigenvalue weighted by Crippen LogP contribution is 2.18. The van der Waals surface area contributed by atoms with E-state index in [9.17, 15) is 4.79 Å². The average molecular weight is 161 g/mol. The van der Waals surface area contributed by atoms with Crippen LogP contribution in [0.4, 0.5) is 0 Å². The molecule has 0 bridgehead atoms. The molecule has 12 heavy (non-hydrogen) atoms. The summed E-state index contributed by atoms with van der Waals surface area (Å²) in [5, 5.41) is 4.68. The maximum Gasteiger partial charge on any atom is 0.167 e. The Morgan fingerprint density at radius 3 is 3.08 bits per heavy atom. The number of aromatic nitrogens is 1. The molecule has 1 aromatic carbocycles. The van der Waals surface area contributed by atoms with Gasteiger partial charge in [-0.05, 0) is 25.1 Å². The van der Waals surface area contributed by atoms with Gasteiger partial charge in [0.25, 0.3) is 0 Å². The predicted molar refractivity (Wildman–Crippen MR) is 44.1 cm³/mol. The lowest BCUT2D eigenvalue weighted by molar-refractivity contribution is 0.112. The van der Waals surface area contributed by atoms with Crippen LogP contribution in [0.2, 0.25) is 0 Å². The van der Waals surface area contributed by atoms with E-state index < -0.39 is 0 Å². The second-order valence-electron chi connectivity index (χ2n) is 2.64. The van der Waals surface area contributed by atoms with Crippen LogP contribution >= 0.6 is 0 Å². The molecule has 0 aliphatic heterocycles. The number of hydrogen-bond donors (Lipinski definition) is 0. The quantitative estimate of drug-likeness (QED) is 0.600. The van der Waals surface area contributed by atoms with Crippen molar-refractivity contribution in [1.29, 1.82) is 0 Å². The van der Waals surface area contributed by atoms with Gasteiger partial charge < -0.3 is 4.52 Å². The molecule has 60 valence electrons. The molecule has 0 N–H and O–H groups in total. The fourth-order valence-corrected chi connectivity index (χ4v) is 1.15.